The first-order valence-corrected chi connectivity index (χ1v) is 9.96. The molecule has 0 unspecified atom stereocenters. The summed E-state index contributed by atoms with van der Waals surface area (Å²) in [4.78, 5) is 21.6. The highest BCUT2D eigenvalue weighted by Gasteiger charge is 2.18. The summed E-state index contributed by atoms with van der Waals surface area (Å²) in [5.74, 6) is 0.874. The van der Waals surface area contributed by atoms with Crippen molar-refractivity contribution in [3.8, 4) is 11.5 Å². The minimum absolute atomic E-state index is 0.312. The lowest BCUT2D eigenvalue weighted by Crippen LogP contribution is -2.15. The number of amides is 1. The third-order valence-electron chi connectivity index (χ3n) is 4.41. The third-order valence-corrected chi connectivity index (χ3v) is 5.35. The molecule has 0 saturated carbocycles. The van der Waals surface area contributed by atoms with Crippen LogP contribution in [0, 0.1) is 5.82 Å². The number of benzene rings is 2. The number of nitrogens with zero attached hydrogens (tertiary/aromatic N) is 2. The van der Waals surface area contributed by atoms with Crippen LogP contribution in [-0.4, -0.2) is 29.1 Å². The first-order valence-electron chi connectivity index (χ1n) is 9.15. The van der Waals surface area contributed by atoms with Gasteiger partial charge in [-0.25, -0.2) is 14.4 Å². The van der Waals surface area contributed by atoms with Crippen molar-refractivity contribution < 1.29 is 18.7 Å². The SMILES string of the molecule is O=C(Nc1nc2cc3c(cc2s1)OCCO3)c1cccnc1Nc1cccc(F)c1. The smallest absolute Gasteiger partial charge is 0.261 e. The molecule has 0 saturated heterocycles. The maximum absolute atomic E-state index is 13.5. The summed E-state index contributed by atoms with van der Waals surface area (Å²) in [6, 6.07) is 12.9. The normalized spacial score (nSPS) is 12.6. The Bertz CT molecular complexity index is 1220. The standard InChI is InChI=1S/C21H15FN4O3S/c22-12-3-1-4-13(9-12)24-19-14(5-2-6-23-19)20(27)26-21-25-15-10-16-17(11-18(15)30-21)29-8-7-28-16/h1-6,9-11H,7-8H2,(H,23,24)(H,25,26,27). The zero-order chi connectivity index (χ0) is 20.5. The van der Waals surface area contributed by atoms with Crippen LogP contribution in [0.3, 0.4) is 0 Å². The predicted molar refractivity (Wildman–Crippen MR) is 112 cm³/mol. The number of hydrogen-bond donors (Lipinski definition) is 2. The first-order chi connectivity index (χ1) is 14.7. The second kappa shape index (κ2) is 7.60. The molecular formula is C21H15FN4O3S. The van der Waals surface area contributed by atoms with Crippen LogP contribution in [0.5, 0.6) is 11.5 Å². The zero-order valence-electron chi connectivity index (χ0n) is 15.5. The molecule has 0 fully saturated rings. The van der Waals surface area contributed by atoms with E-state index < -0.39 is 0 Å². The van der Waals surface area contributed by atoms with E-state index in [1.807, 2.05) is 6.07 Å². The van der Waals surface area contributed by atoms with Crippen molar-refractivity contribution in [2.45, 2.75) is 0 Å². The lowest BCUT2D eigenvalue weighted by molar-refractivity contribution is 0.102. The van der Waals surface area contributed by atoms with E-state index in [1.165, 1.54) is 23.5 Å². The molecule has 0 radical (unpaired) electrons. The number of fused-ring (bicyclic) bond motifs is 2. The quantitative estimate of drug-likeness (QED) is 0.500. The van der Waals surface area contributed by atoms with Gasteiger partial charge in [0, 0.05) is 24.0 Å². The van der Waals surface area contributed by atoms with E-state index in [1.54, 1.807) is 36.5 Å². The molecular weight excluding hydrogens is 407 g/mol. The summed E-state index contributed by atoms with van der Waals surface area (Å²) in [5, 5.41) is 6.23. The van der Waals surface area contributed by atoms with E-state index in [0.29, 0.717) is 52.4 Å². The second-order valence-electron chi connectivity index (χ2n) is 6.47. The minimum Gasteiger partial charge on any atom is -0.486 e. The molecule has 0 atom stereocenters. The predicted octanol–water partition coefficient (Wildman–Crippen LogP) is 4.60. The largest absolute Gasteiger partial charge is 0.486 e. The first kappa shape index (κ1) is 18.3. The van der Waals surface area contributed by atoms with Gasteiger partial charge >= 0.3 is 0 Å². The fraction of sp³-hybridized carbons (Fsp3) is 0.0952. The molecule has 2 N–H and O–H groups in total. The van der Waals surface area contributed by atoms with E-state index in [-0.39, 0.29) is 11.7 Å². The van der Waals surface area contributed by atoms with Gasteiger partial charge < -0.3 is 14.8 Å². The Morgan fingerprint density at radius 2 is 1.90 bits per heavy atom. The number of carbonyl (C=O) groups is 1. The van der Waals surface area contributed by atoms with Crippen molar-refractivity contribution in [2.75, 3.05) is 23.8 Å². The third kappa shape index (κ3) is 3.62. The van der Waals surface area contributed by atoms with Crippen molar-refractivity contribution in [3.05, 3.63) is 66.1 Å². The molecule has 30 heavy (non-hydrogen) atoms. The van der Waals surface area contributed by atoms with Crippen LogP contribution in [0.1, 0.15) is 10.4 Å². The average Bonchev–Trinajstić information content (AvgIpc) is 3.13. The molecule has 0 bridgehead atoms. The van der Waals surface area contributed by atoms with Crippen molar-refractivity contribution >= 4 is 44.1 Å². The molecule has 0 aliphatic carbocycles. The molecule has 2 aromatic heterocycles. The van der Waals surface area contributed by atoms with E-state index in [2.05, 4.69) is 20.6 Å². The molecule has 0 spiro atoms. The summed E-state index contributed by atoms with van der Waals surface area (Å²) in [6.45, 7) is 0.997. The highest BCUT2D eigenvalue weighted by atomic mass is 32.1. The number of ether oxygens (including phenoxy) is 2. The van der Waals surface area contributed by atoms with Crippen molar-refractivity contribution in [2.24, 2.45) is 0 Å². The van der Waals surface area contributed by atoms with Crippen LogP contribution < -0.4 is 20.1 Å². The molecule has 1 aliphatic heterocycles. The fourth-order valence-electron chi connectivity index (χ4n) is 3.07. The van der Waals surface area contributed by atoms with Crippen LogP contribution in [0.15, 0.2) is 54.7 Å². The van der Waals surface area contributed by atoms with E-state index in [0.717, 1.165) is 4.70 Å². The van der Waals surface area contributed by atoms with Gasteiger partial charge in [0.15, 0.2) is 16.6 Å². The van der Waals surface area contributed by atoms with Gasteiger partial charge in [-0.15, -0.1) is 0 Å². The van der Waals surface area contributed by atoms with Crippen LogP contribution in [0.4, 0.5) is 21.0 Å². The summed E-state index contributed by atoms with van der Waals surface area (Å²) in [7, 11) is 0. The topological polar surface area (TPSA) is 85.4 Å². The van der Waals surface area contributed by atoms with Crippen LogP contribution in [0.25, 0.3) is 10.2 Å². The number of halogens is 1. The van der Waals surface area contributed by atoms with Gasteiger partial charge in [0.2, 0.25) is 0 Å². The number of anilines is 3. The molecule has 3 heterocycles. The maximum Gasteiger partial charge on any atom is 0.261 e. The molecule has 5 rings (SSSR count). The molecule has 2 aromatic carbocycles. The van der Waals surface area contributed by atoms with E-state index in [9.17, 15) is 9.18 Å². The van der Waals surface area contributed by atoms with Gasteiger partial charge in [0.1, 0.15) is 24.8 Å². The van der Waals surface area contributed by atoms with Crippen LogP contribution in [0.2, 0.25) is 0 Å². The highest BCUT2D eigenvalue weighted by Crippen LogP contribution is 2.38. The maximum atomic E-state index is 13.5. The Morgan fingerprint density at radius 3 is 2.73 bits per heavy atom. The van der Waals surface area contributed by atoms with Crippen molar-refractivity contribution in [3.63, 3.8) is 0 Å². The zero-order valence-corrected chi connectivity index (χ0v) is 16.3. The Kier molecular flexibility index (Phi) is 4.64. The average molecular weight is 422 g/mol. The van der Waals surface area contributed by atoms with Gasteiger partial charge in [-0.05, 0) is 30.3 Å². The Hall–Kier alpha value is -3.72. The molecule has 9 heteroatoms. The Labute approximate surface area is 174 Å². The summed E-state index contributed by atoms with van der Waals surface area (Å²) in [5.41, 5.74) is 1.52. The molecule has 150 valence electrons. The fourth-order valence-corrected chi connectivity index (χ4v) is 3.95. The number of carbonyl (C=O) groups excluding carboxylic acids is 1. The van der Waals surface area contributed by atoms with E-state index >= 15 is 0 Å². The lowest BCUT2D eigenvalue weighted by atomic mass is 10.2. The summed E-state index contributed by atoms with van der Waals surface area (Å²) >= 11 is 1.34. The number of thiazole rings is 1. The molecule has 7 nitrogen and oxygen atoms in total. The van der Waals surface area contributed by atoms with Gasteiger partial charge in [0.05, 0.1) is 15.8 Å². The van der Waals surface area contributed by atoms with Gasteiger partial charge in [-0.2, -0.15) is 0 Å². The molecule has 1 amide bonds. The van der Waals surface area contributed by atoms with Gasteiger partial charge in [-0.1, -0.05) is 17.4 Å². The lowest BCUT2D eigenvalue weighted by Gasteiger charge is -2.17. The van der Waals surface area contributed by atoms with Crippen LogP contribution in [-0.2, 0) is 0 Å². The second-order valence-corrected chi connectivity index (χ2v) is 7.50. The highest BCUT2D eigenvalue weighted by molar-refractivity contribution is 7.22. The monoisotopic (exact) mass is 422 g/mol. The Morgan fingerprint density at radius 1 is 1.07 bits per heavy atom. The van der Waals surface area contributed by atoms with E-state index in [4.69, 9.17) is 9.47 Å². The molecule has 1 aliphatic rings. The number of aromatic nitrogens is 2. The van der Waals surface area contributed by atoms with Crippen molar-refractivity contribution in [1.29, 1.82) is 0 Å². The number of hydrogen-bond acceptors (Lipinski definition) is 7. The molecule has 4 aromatic rings. The van der Waals surface area contributed by atoms with Crippen LogP contribution >= 0.6 is 11.3 Å². The van der Waals surface area contributed by atoms with Gasteiger partial charge in [-0.3, -0.25) is 10.1 Å². The summed E-state index contributed by atoms with van der Waals surface area (Å²) < 4.78 is 25.5. The van der Waals surface area contributed by atoms with Gasteiger partial charge in [0.25, 0.3) is 5.91 Å². The number of nitrogens with one attached hydrogen (secondary N) is 2. The summed E-state index contributed by atoms with van der Waals surface area (Å²) in [6.07, 6.45) is 1.56. The Balaban J connectivity index is 1.40. The van der Waals surface area contributed by atoms with Crippen molar-refractivity contribution in [1.82, 2.24) is 9.97 Å². The number of pyridine rings is 1. The minimum atomic E-state index is -0.382. The number of rotatable bonds is 4.